The molecule has 0 amide bonds. The molecule has 2 aromatic rings. The van der Waals surface area contributed by atoms with Crippen molar-refractivity contribution in [2.24, 2.45) is 0 Å². The molecule has 0 heterocycles. The Balaban J connectivity index is 1.96. The summed E-state index contributed by atoms with van der Waals surface area (Å²) >= 11 is 0. The van der Waals surface area contributed by atoms with E-state index in [9.17, 15) is 5.11 Å². The van der Waals surface area contributed by atoms with Crippen molar-refractivity contribution in [2.45, 2.75) is 69.4 Å². The van der Waals surface area contributed by atoms with Gasteiger partial charge in [0, 0.05) is 24.1 Å². The Morgan fingerprint density at radius 3 is 2.41 bits per heavy atom. The van der Waals surface area contributed by atoms with Crippen molar-refractivity contribution in [3.8, 4) is 0 Å². The van der Waals surface area contributed by atoms with Crippen LogP contribution in [0.1, 0.15) is 63.4 Å². The largest absolute Gasteiger partial charge is 0.389 e. The normalized spacial score (nSPS) is 19.1. The average Bonchev–Trinajstić information content (AvgIpc) is 2.66. The van der Waals surface area contributed by atoms with E-state index in [2.05, 4.69) is 68.4 Å². The molecule has 0 saturated heterocycles. The highest BCUT2D eigenvalue weighted by Crippen LogP contribution is 2.44. The molecule has 3 rings (SSSR count). The maximum Gasteiger partial charge on any atom is 0.0719 e. The fraction of sp³-hybridized carbons (Fsp3) is 0.542. The summed E-state index contributed by atoms with van der Waals surface area (Å²) in [6.07, 6.45) is 6.46. The minimum Gasteiger partial charge on any atom is -0.389 e. The first-order chi connectivity index (χ1) is 12.9. The van der Waals surface area contributed by atoms with E-state index in [0.29, 0.717) is 12.5 Å². The van der Waals surface area contributed by atoms with Crippen molar-refractivity contribution in [1.29, 1.82) is 5.41 Å². The van der Waals surface area contributed by atoms with Crippen molar-refractivity contribution >= 4 is 16.5 Å². The van der Waals surface area contributed by atoms with Crippen LogP contribution in [0, 0.1) is 5.41 Å². The highest BCUT2D eigenvalue weighted by atomic mass is 16.3. The number of hydrogen-bond donors (Lipinski definition) is 2. The molecule has 3 nitrogen and oxygen atoms in total. The number of nitrogens with one attached hydrogen (secondary N) is 1. The number of hydrogen-bond acceptors (Lipinski definition) is 3. The van der Waals surface area contributed by atoms with Gasteiger partial charge < -0.3 is 15.4 Å². The molecule has 1 aliphatic carbocycles. The number of benzene rings is 2. The van der Waals surface area contributed by atoms with Crippen molar-refractivity contribution in [3.05, 3.63) is 48.0 Å². The summed E-state index contributed by atoms with van der Waals surface area (Å²) in [6, 6.07) is 15.2. The first-order valence-electron chi connectivity index (χ1n) is 10.3. The molecule has 0 aromatic heterocycles. The Bertz CT molecular complexity index is 772. The third kappa shape index (κ3) is 4.59. The van der Waals surface area contributed by atoms with Gasteiger partial charge in [-0.25, -0.2) is 0 Å². The molecule has 2 atom stereocenters. The lowest BCUT2D eigenvalue weighted by atomic mass is 9.69. The standard InChI is InChI=1S/C24H34N2O/c1-18(26(2)3)16-20(25)17-23(24(27)14-7-4-8-15-24)22-13-9-11-19-10-5-6-12-21(19)22/h5-6,9-13,18,23,25,27H,4,7-8,14-17H2,1-3H3/t18-,23?/m1/s1. The molecule has 3 heteroatoms. The molecular weight excluding hydrogens is 332 g/mol. The van der Waals surface area contributed by atoms with E-state index in [1.807, 2.05) is 0 Å². The highest BCUT2D eigenvalue weighted by Gasteiger charge is 2.39. The molecule has 1 fully saturated rings. The lowest BCUT2D eigenvalue weighted by Gasteiger charge is -2.40. The Morgan fingerprint density at radius 2 is 1.70 bits per heavy atom. The minimum atomic E-state index is -0.698. The topological polar surface area (TPSA) is 47.3 Å². The SMILES string of the molecule is C[C@H](CC(=N)CC(c1cccc2ccccc12)C1(O)CCCCC1)N(C)C. The predicted molar refractivity (Wildman–Crippen MR) is 115 cm³/mol. The van der Waals surface area contributed by atoms with E-state index in [1.165, 1.54) is 22.8 Å². The van der Waals surface area contributed by atoms with Gasteiger partial charge in [-0.1, -0.05) is 61.7 Å². The molecule has 0 radical (unpaired) electrons. The van der Waals surface area contributed by atoms with Gasteiger partial charge in [0.25, 0.3) is 0 Å². The summed E-state index contributed by atoms with van der Waals surface area (Å²) in [5.74, 6) is -0.00855. The Kier molecular flexibility index (Phi) is 6.33. The second-order valence-corrected chi connectivity index (χ2v) is 8.61. The van der Waals surface area contributed by atoms with Crippen LogP contribution in [0.15, 0.2) is 42.5 Å². The highest BCUT2D eigenvalue weighted by molar-refractivity contribution is 5.88. The molecular formula is C24H34N2O. The monoisotopic (exact) mass is 366 g/mol. The number of fused-ring (bicyclic) bond motifs is 1. The number of rotatable bonds is 7. The van der Waals surface area contributed by atoms with E-state index < -0.39 is 5.60 Å². The minimum absolute atomic E-state index is 0.00855. The van der Waals surface area contributed by atoms with Crippen LogP contribution in [0.5, 0.6) is 0 Å². The van der Waals surface area contributed by atoms with Crippen LogP contribution >= 0.6 is 0 Å². The van der Waals surface area contributed by atoms with Gasteiger partial charge in [-0.05, 0) is 56.6 Å². The quantitative estimate of drug-likeness (QED) is 0.647. The van der Waals surface area contributed by atoms with Gasteiger partial charge in [-0.3, -0.25) is 0 Å². The molecule has 2 aromatic carbocycles. The zero-order valence-corrected chi connectivity index (χ0v) is 17.0. The zero-order chi connectivity index (χ0) is 19.4. The van der Waals surface area contributed by atoms with Gasteiger partial charge in [0.1, 0.15) is 0 Å². The summed E-state index contributed by atoms with van der Waals surface area (Å²) < 4.78 is 0. The van der Waals surface area contributed by atoms with Crippen LogP contribution in [0.3, 0.4) is 0 Å². The van der Waals surface area contributed by atoms with Crippen LogP contribution in [-0.2, 0) is 0 Å². The predicted octanol–water partition coefficient (Wildman–Crippen LogP) is 5.37. The number of nitrogens with zero attached hydrogens (tertiary/aromatic N) is 1. The summed E-state index contributed by atoms with van der Waals surface area (Å²) in [5, 5.41) is 22.7. The summed E-state index contributed by atoms with van der Waals surface area (Å²) in [6.45, 7) is 2.16. The van der Waals surface area contributed by atoms with E-state index in [-0.39, 0.29) is 5.92 Å². The van der Waals surface area contributed by atoms with Crippen LogP contribution in [0.2, 0.25) is 0 Å². The lowest BCUT2D eigenvalue weighted by molar-refractivity contribution is -0.0198. The Morgan fingerprint density at radius 1 is 1.04 bits per heavy atom. The van der Waals surface area contributed by atoms with Crippen LogP contribution in [0.4, 0.5) is 0 Å². The third-order valence-electron chi connectivity index (χ3n) is 6.44. The van der Waals surface area contributed by atoms with Gasteiger partial charge in [0.2, 0.25) is 0 Å². The first-order valence-corrected chi connectivity index (χ1v) is 10.3. The van der Waals surface area contributed by atoms with Crippen LogP contribution < -0.4 is 0 Å². The number of aliphatic hydroxyl groups is 1. The third-order valence-corrected chi connectivity index (χ3v) is 6.44. The fourth-order valence-electron chi connectivity index (χ4n) is 4.53. The van der Waals surface area contributed by atoms with E-state index >= 15 is 0 Å². The van der Waals surface area contributed by atoms with Gasteiger partial charge >= 0.3 is 0 Å². The van der Waals surface area contributed by atoms with E-state index in [1.54, 1.807) is 0 Å². The molecule has 1 saturated carbocycles. The second-order valence-electron chi connectivity index (χ2n) is 8.61. The zero-order valence-electron chi connectivity index (χ0n) is 17.0. The van der Waals surface area contributed by atoms with Gasteiger partial charge in [-0.2, -0.15) is 0 Å². The molecule has 0 bridgehead atoms. The molecule has 1 unspecified atom stereocenters. The Hall–Kier alpha value is -1.71. The van der Waals surface area contributed by atoms with Crippen LogP contribution in [-0.4, -0.2) is 41.5 Å². The summed E-state index contributed by atoms with van der Waals surface area (Å²) in [5.41, 5.74) is 1.25. The van der Waals surface area contributed by atoms with Gasteiger partial charge in [0.05, 0.1) is 5.60 Å². The van der Waals surface area contributed by atoms with Crippen LogP contribution in [0.25, 0.3) is 10.8 Å². The van der Waals surface area contributed by atoms with Crippen molar-refractivity contribution in [2.75, 3.05) is 14.1 Å². The van der Waals surface area contributed by atoms with Crippen molar-refractivity contribution in [1.82, 2.24) is 4.90 Å². The Labute approximate surface area is 163 Å². The molecule has 0 aliphatic heterocycles. The summed E-state index contributed by atoms with van der Waals surface area (Å²) in [7, 11) is 4.13. The molecule has 1 aliphatic rings. The lowest BCUT2D eigenvalue weighted by Crippen LogP contribution is -2.40. The summed E-state index contributed by atoms with van der Waals surface area (Å²) in [4.78, 5) is 2.16. The second kappa shape index (κ2) is 8.53. The van der Waals surface area contributed by atoms with Gasteiger partial charge in [0.15, 0.2) is 0 Å². The molecule has 2 N–H and O–H groups in total. The molecule has 0 spiro atoms. The van der Waals surface area contributed by atoms with E-state index in [0.717, 1.165) is 37.8 Å². The van der Waals surface area contributed by atoms with Crippen molar-refractivity contribution in [3.63, 3.8) is 0 Å². The molecule has 27 heavy (non-hydrogen) atoms. The van der Waals surface area contributed by atoms with Gasteiger partial charge in [-0.15, -0.1) is 0 Å². The van der Waals surface area contributed by atoms with E-state index in [4.69, 9.17) is 5.41 Å². The fourth-order valence-corrected chi connectivity index (χ4v) is 4.53. The maximum absolute atomic E-state index is 11.6. The average molecular weight is 367 g/mol. The molecule has 146 valence electrons. The maximum atomic E-state index is 11.6. The smallest absolute Gasteiger partial charge is 0.0719 e. The first kappa shape index (κ1) is 20.0. The van der Waals surface area contributed by atoms with Crippen molar-refractivity contribution < 1.29 is 5.11 Å².